The van der Waals surface area contributed by atoms with Crippen molar-refractivity contribution in [1.82, 2.24) is 5.32 Å². The maximum atomic E-state index is 13.0. The zero-order valence-electron chi connectivity index (χ0n) is 16.4. The van der Waals surface area contributed by atoms with E-state index in [9.17, 15) is 13.2 Å². The Kier molecular flexibility index (Phi) is 6.34. The Balaban J connectivity index is 1.84. The Morgan fingerprint density at radius 3 is 2.17 bits per heavy atom. The molecule has 1 atom stereocenters. The number of rotatable bonds is 7. The van der Waals surface area contributed by atoms with Crippen LogP contribution in [0.4, 0.5) is 5.69 Å². The highest BCUT2D eigenvalue weighted by atomic mass is 32.2. The lowest BCUT2D eigenvalue weighted by molar-refractivity contribution is 0.0936. The van der Waals surface area contributed by atoms with E-state index < -0.39 is 10.0 Å². The average molecular weight is 409 g/mol. The number of hydrogen-bond donors (Lipinski definition) is 2. The molecule has 5 nitrogen and oxygen atoms in total. The van der Waals surface area contributed by atoms with E-state index in [1.54, 1.807) is 42.5 Å². The third-order valence-electron chi connectivity index (χ3n) is 4.66. The molecular weight excluding hydrogens is 384 g/mol. The molecule has 3 rings (SSSR count). The molecule has 3 aromatic carbocycles. The van der Waals surface area contributed by atoms with Gasteiger partial charge >= 0.3 is 0 Å². The maximum Gasteiger partial charge on any atom is 0.261 e. The van der Waals surface area contributed by atoms with Crippen LogP contribution in [0.1, 0.15) is 40.9 Å². The van der Waals surface area contributed by atoms with E-state index in [1.165, 1.54) is 12.1 Å². The molecule has 29 heavy (non-hydrogen) atoms. The van der Waals surface area contributed by atoms with Crippen molar-refractivity contribution in [3.63, 3.8) is 0 Å². The van der Waals surface area contributed by atoms with Gasteiger partial charge in [-0.05, 0) is 43.2 Å². The number of amides is 1. The Hall–Kier alpha value is -3.12. The number of sulfonamides is 1. The smallest absolute Gasteiger partial charge is 0.261 e. The number of para-hydroxylation sites is 1. The minimum absolute atomic E-state index is 0.140. The van der Waals surface area contributed by atoms with E-state index >= 15 is 0 Å². The molecule has 0 saturated carbocycles. The largest absolute Gasteiger partial charge is 0.345 e. The van der Waals surface area contributed by atoms with E-state index in [-0.39, 0.29) is 28.1 Å². The monoisotopic (exact) mass is 408 g/mol. The van der Waals surface area contributed by atoms with Crippen LogP contribution in [0.5, 0.6) is 0 Å². The van der Waals surface area contributed by atoms with Gasteiger partial charge in [0.05, 0.1) is 22.2 Å². The van der Waals surface area contributed by atoms with Gasteiger partial charge in [-0.3, -0.25) is 9.52 Å². The molecule has 0 aliphatic rings. The summed E-state index contributed by atoms with van der Waals surface area (Å²) in [5.74, 6) is -0.330. The third-order valence-corrected chi connectivity index (χ3v) is 6.04. The minimum atomic E-state index is -3.79. The van der Waals surface area contributed by atoms with Crippen molar-refractivity contribution in [2.75, 3.05) is 4.72 Å². The van der Waals surface area contributed by atoms with Crippen molar-refractivity contribution >= 4 is 21.6 Å². The Labute approximate surface area is 171 Å². The molecule has 0 bridgehead atoms. The van der Waals surface area contributed by atoms with Gasteiger partial charge in [0.2, 0.25) is 0 Å². The Morgan fingerprint density at radius 2 is 1.52 bits per heavy atom. The fourth-order valence-electron chi connectivity index (χ4n) is 3.03. The van der Waals surface area contributed by atoms with Crippen LogP contribution in [0.3, 0.4) is 0 Å². The molecule has 1 amide bonds. The number of carbonyl (C=O) groups excluding carboxylic acids is 1. The minimum Gasteiger partial charge on any atom is -0.345 e. The van der Waals surface area contributed by atoms with Crippen molar-refractivity contribution in [3.8, 4) is 0 Å². The first-order valence-electron chi connectivity index (χ1n) is 9.45. The average Bonchev–Trinajstić information content (AvgIpc) is 2.73. The van der Waals surface area contributed by atoms with Crippen LogP contribution in [0, 0.1) is 6.92 Å². The Morgan fingerprint density at radius 1 is 0.897 bits per heavy atom. The van der Waals surface area contributed by atoms with Gasteiger partial charge in [0, 0.05) is 0 Å². The summed E-state index contributed by atoms with van der Waals surface area (Å²) in [6, 6.07) is 22.5. The number of hydrogen-bond acceptors (Lipinski definition) is 3. The summed E-state index contributed by atoms with van der Waals surface area (Å²) in [6.45, 7) is 4.01. The summed E-state index contributed by atoms with van der Waals surface area (Å²) in [4.78, 5) is 13.1. The van der Waals surface area contributed by atoms with Crippen LogP contribution in [-0.4, -0.2) is 14.3 Å². The van der Waals surface area contributed by atoms with Crippen LogP contribution in [0.15, 0.2) is 83.8 Å². The summed E-state index contributed by atoms with van der Waals surface area (Å²) >= 11 is 0. The zero-order valence-corrected chi connectivity index (χ0v) is 17.2. The van der Waals surface area contributed by atoms with Crippen LogP contribution in [-0.2, 0) is 10.0 Å². The number of benzene rings is 3. The molecule has 0 heterocycles. The van der Waals surface area contributed by atoms with E-state index in [0.29, 0.717) is 6.42 Å². The van der Waals surface area contributed by atoms with Gasteiger partial charge in [0.1, 0.15) is 0 Å². The molecule has 150 valence electrons. The predicted octanol–water partition coefficient (Wildman–Crippen LogP) is 4.68. The van der Waals surface area contributed by atoms with Crippen molar-refractivity contribution in [1.29, 1.82) is 0 Å². The first kappa shape index (κ1) is 20.6. The summed E-state index contributed by atoms with van der Waals surface area (Å²) in [5.41, 5.74) is 2.68. The molecule has 0 saturated heterocycles. The first-order valence-corrected chi connectivity index (χ1v) is 10.9. The molecule has 0 fully saturated rings. The molecule has 6 heteroatoms. The van der Waals surface area contributed by atoms with Gasteiger partial charge < -0.3 is 5.32 Å². The standard InChI is InChI=1S/C23H24N2O3S/c1-3-21(18-15-13-17(2)14-16-18)24-23(26)20-11-7-8-12-22(20)25-29(27,28)19-9-5-4-6-10-19/h4-16,21,25H,3H2,1-2H3,(H,24,26). The molecule has 3 aromatic rings. The van der Waals surface area contributed by atoms with Gasteiger partial charge in [-0.2, -0.15) is 0 Å². The second-order valence-corrected chi connectivity index (χ2v) is 8.49. The highest BCUT2D eigenvalue weighted by Gasteiger charge is 2.20. The van der Waals surface area contributed by atoms with Crippen molar-refractivity contribution in [3.05, 3.63) is 95.6 Å². The normalized spacial score (nSPS) is 12.2. The van der Waals surface area contributed by atoms with Gasteiger partial charge in [0.25, 0.3) is 15.9 Å². The van der Waals surface area contributed by atoms with Crippen molar-refractivity contribution in [2.45, 2.75) is 31.2 Å². The number of nitrogens with one attached hydrogen (secondary N) is 2. The van der Waals surface area contributed by atoms with Crippen molar-refractivity contribution < 1.29 is 13.2 Å². The Bertz CT molecular complexity index is 1080. The number of aryl methyl sites for hydroxylation is 1. The van der Waals surface area contributed by atoms with Crippen LogP contribution in [0.2, 0.25) is 0 Å². The molecule has 0 aliphatic carbocycles. The van der Waals surface area contributed by atoms with Gasteiger partial charge in [-0.15, -0.1) is 0 Å². The molecule has 0 aliphatic heterocycles. The predicted molar refractivity (Wildman–Crippen MR) is 115 cm³/mol. The SMILES string of the molecule is CCC(NC(=O)c1ccccc1NS(=O)(=O)c1ccccc1)c1ccc(C)cc1. The number of anilines is 1. The summed E-state index contributed by atoms with van der Waals surface area (Å²) < 4.78 is 27.9. The number of carbonyl (C=O) groups is 1. The van der Waals surface area contributed by atoms with E-state index in [2.05, 4.69) is 10.0 Å². The topological polar surface area (TPSA) is 75.3 Å². The first-order chi connectivity index (χ1) is 13.9. The summed E-state index contributed by atoms with van der Waals surface area (Å²) in [6.07, 6.45) is 0.715. The van der Waals surface area contributed by atoms with Gasteiger partial charge in [-0.1, -0.05) is 67.1 Å². The lowest BCUT2D eigenvalue weighted by Crippen LogP contribution is -2.29. The third kappa shape index (κ3) is 5.03. The molecule has 0 spiro atoms. The molecule has 0 radical (unpaired) electrons. The highest BCUT2D eigenvalue weighted by molar-refractivity contribution is 7.92. The highest BCUT2D eigenvalue weighted by Crippen LogP contribution is 2.23. The fourth-order valence-corrected chi connectivity index (χ4v) is 4.13. The van der Waals surface area contributed by atoms with Crippen LogP contribution >= 0.6 is 0 Å². The van der Waals surface area contributed by atoms with Gasteiger partial charge in [-0.25, -0.2) is 8.42 Å². The quantitative estimate of drug-likeness (QED) is 0.596. The summed E-state index contributed by atoms with van der Waals surface area (Å²) in [5, 5.41) is 3.01. The summed E-state index contributed by atoms with van der Waals surface area (Å²) in [7, 11) is -3.79. The van der Waals surface area contributed by atoms with E-state index in [0.717, 1.165) is 11.1 Å². The van der Waals surface area contributed by atoms with Crippen LogP contribution in [0.25, 0.3) is 0 Å². The second kappa shape index (κ2) is 8.92. The fraction of sp³-hybridized carbons (Fsp3) is 0.174. The van der Waals surface area contributed by atoms with Crippen molar-refractivity contribution in [2.24, 2.45) is 0 Å². The second-order valence-electron chi connectivity index (χ2n) is 6.81. The lowest BCUT2D eigenvalue weighted by Gasteiger charge is -2.19. The van der Waals surface area contributed by atoms with Crippen LogP contribution < -0.4 is 10.0 Å². The molecule has 2 N–H and O–H groups in total. The van der Waals surface area contributed by atoms with Gasteiger partial charge in [0.15, 0.2) is 0 Å². The van der Waals surface area contributed by atoms with E-state index in [1.807, 2.05) is 38.1 Å². The zero-order chi connectivity index (χ0) is 20.9. The maximum absolute atomic E-state index is 13.0. The molecular formula is C23H24N2O3S. The molecule has 0 aromatic heterocycles. The lowest BCUT2D eigenvalue weighted by atomic mass is 10.0. The molecule has 1 unspecified atom stereocenters. The van der Waals surface area contributed by atoms with E-state index in [4.69, 9.17) is 0 Å².